The molecule has 0 spiro atoms. The van der Waals surface area contributed by atoms with Crippen LogP contribution in [0.5, 0.6) is 0 Å². The van der Waals surface area contributed by atoms with Crippen molar-refractivity contribution >= 4 is 41.7 Å². The maximum Gasteiger partial charge on any atom is 0.191 e. The fourth-order valence-corrected chi connectivity index (χ4v) is 2.03. The molecule has 0 radical (unpaired) electrons. The normalized spacial score (nSPS) is 11.0. The zero-order chi connectivity index (χ0) is 14.8. The van der Waals surface area contributed by atoms with Crippen molar-refractivity contribution in [1.29, 1.82) is 0 Å². The molecule has 0 fully saturated rings. The summed E-state index contributed by atoms with van der Waals surface area (Å²) in [6.07, 6.45) is 3.09. The number of hydrogen-bond acceptors (Lipinski definition) is 2. The predicted octanol–water partition coefficient (Wildman–Crippen LogP) is 3.39. The van der Waals surface area contributed by atoms with E-state index in [2.05, 4.69) is 21.9 Å². The lowest BCUT2D eigenvalue weighted by molar-refractivity contribution is 0.585. The lowest BCUT2D eigenvalue weighted by atomic mass is 10.2. The van der Waals surface area contributed by atoms with Gasteiger partial charge in [-0.25, -0.2) is 13.8 Å². The van der Waals surface area contributed by atoms with E-state index in [0.29, 0.717) is 5.96 Å². The second-order valence-corrected chi connectivity index (χ2v) is 5.19. The summed E-state index contributed by atoms with van der Waals surface area (Å²) in [5.41, 5.74) is 0.256. The van der Waals surface area contributed by atoms with Crippen molar-refractivity contribution in [2.24, 2.45) is 4.99 Å². The van der Waals surface area contributed by atoms with E-state index in [1.54, 1.807) is 11.8 Å². The predicted molar refractivity (Wildman–Crippen MR) is 97.6 cm³/mol. The molecule has 0 atom stereocenters. The fourth-order valence-electron chi connectivity index (χ4n) is 1.59. The van der Waals surface area contributed by atoms with Crippen LogP contribution >= 0.6 is 35.7 Å². The van der Waals surface area contributed by atoms with Crippen LogP contribution in [0.2, 0.25) is 0 Å². The van der Waals surface area contributed by atoms with Gasteiger partial charge in [-0.3, -0.25) is 0 Å². The molecular formula is C14H22F2IN3S. The van der Waals surface area contributed by atoms with Crippen LogP contribution in [0.3, 0.4) is 0 Å². The minimum Gasteiger partial charge on any atom is -0.357 e. The third kappa shape index (κ3) is 8.45. The maximum atomic E-state index is 13.5. The molecule has 0 saturated heterocycles. The number of nitrogens with one attached hydrogen (secondary N) is 2. The van der Waals surface area contributed by atoms with Gasteiger partial charge in [-0.05, 0) is 43.6 Å². The molecule has 3 nitrogen and oxygen atoms in total. The summed E-state index contributed by atoms with van der Waals surface area (Å²) in [7, 11) is 0. The standard InChI is InChI=1S/C14H21F2N3S.HI/c1-3-17-14(18-7-4-8-20-2)19-10-11-9-12(15)5-6-13(11)16;/h5-6,9H,3-4,7-8,10H2,1-2H3,(H2,17,18,19);1H. The van der Waals surface area contributed by atoms with Gasteiger partial charge in [0, 0.05) is 18.7 Å². The van der Waals surface area contributed by atoms with Crippen molar-refractivity contribution in [3.8, 4) is 0 Å². The Hall–Kier alpha value is -0.570. The second-order valence-electron chi connectivity index (χ2n) is 4.20. The van der Waals surface area contributed by atoms with Gasteiger partial charge in [0.05, 0.1) is 6.54 Å². The van der Waals surface area contributed by atoms with Crippen molar-refractivity contribution < 1.29 is 8.78 Å². The van der Waals surface area contributed by atoms with Crippen molar-refractivity contribution in [3.63, 3.8) is 0 Å². The smallest absolute Gasteiger partial charge is 0.191 e. The molecule has 0 aliphatic heterocycles. The number of hydrogen-bond donors (Lipinski definition) is 2. The molecule has 0 saturated carbocycles. The topological polar surface area (TPSA) is 36.4 Å². The van der Waals surface area contributed by atoms with E-state index in [1.807, 2.05) is 6.92 Å². The molecule has 0 aliphatic carbocycles. The largest absolute Gasteiger partial charge is 0.357 e. The van der Waals surface area contributed by atoms with Crippen LogP contribution in [-0.2, 0) is 6.54 Å². The highest BCUT2D eigenvalue weighted by Gasteiger charge is 2.04. The highest BCUT2D eigenvalue weighted by atomic mass is 127. The van der Waals surface area contributed by atoms with E-state index >= 15 is 0 Å². The Bertz CT molecular complexity index is 444. The highest BCUT2D eigenvalue weighted by Crippen LogP contribution is 2.10. The van der Waals surface area contributed by atoms with Crippen molar-refractivity contribution in [1.82, 2.24) is 10.6 Å². The van der Waals surface area contributed by atoms with Crippen LogP contribution in [0.15, 0.2) is 23.2 Å². The van der Waals surface area contributed by atoms with Gasteiger partial charge in [-0.2, -0.15) is 11.8 Å². The SMILES string of the molecule is CCNC(=NCc1cc(F)ccc1F)NCCCSC.I. The second kappa shape index (κ2) is 12.0. The van der Waals surface area contributed by atoms with E-state index in [9.17, 15) is 8.78 Å². The highest BCUT2D eigenvalue weighted by molar-refractivity contribution is 14.0. The zero-order valence-corrected chi connectivity index (χ0v) is 15.4. The third-order valence-corrected chi connectivity index (χ3v) is 3.27. The molecule has 1 aromatic carbocycles. The Balaban J connectivity index is 0.00000400. The van der Waals surface area contributed by atoms with Crippen molar-refractivity contribution in [2.75, 3.05) is 25.1 Å². The summed E-state index contributed by atoms with van der Waals surface area (Å²) in [5, 5.41) is 6.25. The third-order valence-electron chi connectivity index (χ3n) is 2.58. The summed E-state index contributed by atoms with van der Waals surface area (Å²) < 4.78 is 26.5. The first-order valence-electron chi connectivity index (χ1n) is 6.62. The number of aliphatic imine (C=N–C) groups is 1. The quantitative estimate of drug-likeness (QED) is 0.302. The van der Waals surface area contributed by atoms with Crippen LogP contribution in [-0.4, -0.2) is 31.1 Å². The molecule has 0 heterocycles. The van der Waals surface area contributed by atoms with Crippen molar-refractivity contribution in [2.45, 2.75) is 19.9 Å². The lowest BCUT2D eigenvalue weighted by Crippen LogP contribution is -2.37. The molecule has 1 rings (SSSR count). The summed E-state index contributed by atoms with van der Waals surface area (Å²) in [6, 6.07) is 3.41. The van der Waals surface area contributed by atoms with E-state index < -0.39 is 11.6 Å². The molecular weight excluding hydrogens is 407 g/mol. The minimum absolute atomic E-state index is 0. The average molecular weight is 429 g/mol. The van der Waals surface area contributed by atoms with Crippen LogP contribution in [0.25, 0.3) is 0 Å². The van der Waals surface area contributed by atoms with Gasteiger partial charge in [0.1, 0.15) is 11.6 Å². The Morgan fingerprint density at radius 3 is 2.71 bits per heavy atom. The van der Waals surface area contributed by atoms with Gasteiger partial charge >= 0.3 is 0 Å². The molecule has 0 unspecified atom stereocenters. The van der Waals surface area contributed by atoms with Crippen LogP contribution in [0.4, 0.5) is 8.78 Å². The molecule has 0 amide bonds. The summed E-state index contributed by atoms with van der Waals surface area (Å²) in [5.74, 6) is 0.811. The number of guanidine groups is 1. The molecule has 21 heavy (non-hydrogen) atoms. The number of halogens is 3. The van der Waals surface area contributed by atoms with E-state index in [-0.39, 0.29) is 36.1 Å². The van der Waals surface area contributed by atoms with Crippen LogP contribution < -0.4 is 10.6 Å². The van der Waals surface area contributed by atoms with Gasteiger partial charge < -0.3 is 10.6 Å². The minimum atomic E-state index is -0.450. The van der Waals surface area contributed by atoms with E-state index in [4.69, 9.17) is 0 Å². The molecule has 0 aliphatic rings. The average Bonchev–Trinajstić information content (AvgIpc) is 2.44. The Labute approximate surface area is 146 Å². The van der Waals surface area contributed by atoms with E-state index in [0.717, 1.165) is 37.4 Å². The van der Waals surface area contributed by atoms with Gasteiger partial charge in [-0.15, -0.1) is 24.0 Å². The Morgan fingerprint density at radius 2 is 2.05 bits per heavy atom. The molecule has 0 bridgehead atoms. The lowest BCUT2D eigenvalue weighted by Gasteiger charge is -2.11. The molecule has 0 aromatic heterocycles. The van der Waals surface area contributed by atoms with Gasteiger partial charge in [0.15, 0.2) is 5.96 Å². The number of thioether (sulfide) groups is 1. The van der Waals surface area contributed by atoms with Crippen LogP contribution in [0, 0.1) is 11.6 Å². The first kappa shape index (κ1) is 20.4. The van der Waals surface area contributed by atoms with Gasteiger partial charge in [0.2, 0.25) is 0 Å². The first-order valence-corrected chi connectivity index (χ1v) is 8.01. The Morgan fingerprint density at radius 1 is 1.29 bits per heavy atom. The number of benzene rings is 1. The number of rotatable bonds is 7. The maximum absolute atomic E-state index is 13.5. The Kier molecular flexibility index (Phi) is 11.7. The monoisotopic (exact) mass is 429 g/mol. The van der Waals surface area contributed by atoms with Crippen LogP contribution in [0.1, 0.15) is 18.9 Å². The summed E-state index contributed by atoms with van der Waals surface area (Å²) in [4.78, 5) is 4.26. The first-order chi connectivity index (χ1) is 9.67. The van der Waals surface area contributed by atoms with Gasteiger partial charge in [0.25, 0.3) is 0 Å². The summed E-state index contributed by atoms with van der Waals surface area (Å²) >= 11 is 1.79. The molecule has 1 aromatic rings. The molecule has 2 N–H and O–H groups in total. The van der Waals surface area contributed by atoms with Gasteiger partial charge in [-0.1, -0.05) is 0 Å². The zero-order valence-electron chi connectivity index (χ0n) is 12.3. The summed E-state index contributed by atoms with van der Waals surface area (Å²) in [6.45, 7) is 3.60. The van der Waals surface area contributed by atoms with E-state index in [1.165, 1.54) is 6.07 Å². The van der Waals surface area contributed by atoms with Crippen molar-refractivity contribution in [3.05, 3.63) is 35.4 Å². The molecule has 120 valence electrons. The molecule has 7 heteroatoms. The fraction of sp³-hybridized carbons (Fsp3) is 0.500. The number of nitrogens with zero attached hydrogens (tertiary/aromatic N) is 1.